The van der Waals surface area contributed by atoms with Crippen LogP contribution < -0.4 is 5.73 Å². The highest BCUT2D eigenvalue weighted by molar-refractivity contribution is 7.89. The van der Waals surface area contributed by atoms with Gasteiger partial charge in [0.1, 0.15) is 9.23 Å². The highest BCUT2D eigenvalue weighted by Crippen LogP contribution is 2.37. The lowest BCUT2D eigenvalue weighted by Gasteiger charge is -2.36. The lowest BCUT2D eigenvalue weighted by Crippen LogP contribution is -2.49. The Bertz CT molecular complexity index is 559. The van der Waals surface area contributed by atoms with Gasteiger partial charge in [0.2, 0.25) is 10.0 Å². The van der Waals surface area contributed by atoms with E-state index in [0.717, 1.165) is 24.2 Å². The van der Waals surface area contributed by atoms with Gasteiger partial charge in [-0.2, -0.15) is 4.31 Å². The molecule has 0 radical (unpaired) electrons. The van der Waals surface area contributed by atoms with Gasteiger partial charge in [0.05, 0.1) is 4.34 Å². The number of rotatable bonds is 3. The molecule has 2 N–H and O–H groups in total. The van der Waals surface area contributed by atoms with Gasteiger partial charge in [-0.05, 0) is 24.8 Å². The summed E-state index contributed by atoms with van der Waals surface area (Å²) in [6.45, 7) is 2.91. The highest BCUT2D eigenvalue weighted by atomic mass is 35.5. The van der Waals surface area contributed by atoms with Crippen molar-refractivity contribution in [1.29, 1.82) is 0 Å². The van der Waals surface area contributed by atoms with Gasteiger partial charge in [0.15, 0.2) is 0 Å². The van der Waals surface area contributed by atoms with Gasteiger partial charge in [-0.15, -0.1) is 11.3 Å². The van der Waals surface area contributed by atoms with Crippen LogP contribution in [0.5, 0.6) is 0 Å². The summed E-state index contributed by atoms with van der Waals surface area (Å²) >= 11 is 12.9. The van der Waals surface area contributed by atoms with Crippen molar-refractivity contribution in [3.8, 4) is 0 Å². The molecule has 1 aliphatic heterocycles. The van der Waals surface area contributed by atoms with Crippen molar-refractivity contribution < 1.29 is 8.42 Å². The summed E-state index contributed by atoms with van der Waals surface area (Å²) in [4.78, 5) is 0.0946. The minimum absolute atomic E-state index is 0.0946. The van der Waals surface area contributed by atoms with Crippen LogP contribution in [0.1, 0.15) is 19.8 Å². The van der Waals surface area contributed by atoms with Crippen molar-refractivity contribution in [2.75, 3.05) is 13.1 Å². The zero-order valence-corrected chi connectivity index (χ0v) is 13.6. The van der Waals surface area contributed by atoms with Gasteiger partial charge in [-0.3, -0.25) is 0 Å². The van der Waals surface area contributed by atoms with Crippen molar-refractivity contribution in [3.63, 3.8) is 0 Å². The molecule has 0 spiro atoms. The first-order chi connectivity index (χ1) is 8.86. The van der Waals surface area contributed by atoms with Gasteiger partial charge >= 0.3 is 0 Å². The number of thiophene rings is 1. The fourth-order valence-corrected chi connectivity index (χ4v) is 6.16. The molecule has 1 aromatic rings. The van der Waals surface area contributed by atoms with E-state index in [9.17, 15) is 8.42 Å². The quantitative estimate of drug-likeness (QED) is 0.918. The van der Waals surface area contributed by atoms with E-state index in [0.29, 0.717) is 23.3 Å². The molecule has 4 nitrogen and oxygen atoms in total. The van der Waals surface area contributed by atoms with Crippen LogP contribution in [0.25, 0.3) is 0 Å². The van der Waals surface area contributed by atoms with Gasteiger partial charge in [-0.1, -0.05) is 30.1 Å². The number of sulfonamides is 1. The third-order valence-corrected chi connectivity index (χ3v) is 7.11. The number of halogens is 2. The van der Waals surface area contributed by atoms with Gasteiger partial charge in [-0.25, -0.2) is 8.42 Å². The SMILES string of the molecule is CC1CCN(S(=O)(=O)c2cc(Cl)sc2Cl)C(CN)C1. The smallest absolute Gasteiger partial charge is 0.245 e. The Labute approximate surface area is 127 Å². The summed E-state index contributed by atoms with van der Waals surface area (Å²) in [6, 6.07) is 1.25. The zero-order valence-electron chi connectivity index (χ0n) is 10.5. The molecular weight excluding hydrogens is 327 g/mol. The van der Waals surface area contributed by atoms with Crippen LogP contribution >= 0.6 is 34.5 Å². The maximum absolute atomic E-state index is 12.6. The molecule has 1 aliphatic rings. The van der Waals surface area contributed by atoms with E-state index in [4.69, 9.17) is 28.9 Å². The molecular formula is C11H16Cl2N2O2S2. The van der Waals surface area contributed by atoms with E-state index in [2.05, 4.69) is 6.92 Å². The Kier molecular flexibility index (Phi) is 4.80. The second-order valence-electron chi connectivity index (χ2n) is 4.82. The van der Waals surface area contributed by atoms with E-state index in [1.165, 1.54) is 10.4 Å². The molecule has 2 unspecified atom stereocenters. The molecule has 2 atom stereocenters. The third-order valence-electron chi connectivity index (χ3n) is 3.41. The summed E-state index contributed by atoms with van der Waals surface area (Å²) < 4.78 is 27.3. The Morgan fingerprint density at radius 1 is 1.53 bits per heavy atom. The Balaban J connectivity index is 2.36. The Hall–Kier alpha value is 0.150. The van der Waals surface area contributed by atoms with Crippen LogP contribution in [0, 0.1) is 5.92 Å². The molecule has 1 fully saturated rings. The van der Waals surface area contributed by atoms with Crippen molar-refractivity contribution in [3.05, 3.63) is 14.7 Å². The number of nitrogens with two attached hydrogens (primary N) is 1. The highest BCUT2D eigenvalue weighted by Gasteiger charge is 2.36. The van der Waals surface area contributed by atoms with Crippen LogP contribution in [0.15, 0.2) is 11.0 Å². The molecule has 0 aliphatic carbocycles. The molecule has 19 heavy (non-hydrogen) atoms. The predicted molar refractivity (Wildman–Crippen MR) is 79.5 cm³/mol. The monoisotopic (exact) mass is 342 g/mol. The first-order valence-electron chi connectivity index (χ1n) is 6.03. The fourth-order valence-electron chi connectivity index (χ4n) is 2.39. The van der Waals surface area contributed by atoms with Crippen LogP contribution in [0.4, 0.5) is 0 Å². The Morgan fingerprint density at radius 3 is 2.74 bits per heavy atom. The molecule has 2 heterocycles. The van der Waals surface area contributed by atoms with Crippen LogP contribution in [-0.4, -0.2) is 31.9 Å². The number of piperidine rings is 1. The Morgan fingerprint density at radius 2 is 2.21 bits per heavy atom. The lowest BCUT2D eigenvalue weighted by atomic mass is 9.94. The first kappa shape index (κ1) is 15.5. The van der Waals surface area contributed by atoms with Crippen molar-refractivity contribution in [1.82, 2.24) is 4.31 Å². The van der Waals surface area contributed by atoms with Crippen LogP contribution in [0.2, 0.25) is 8.67 Å². The zero-order chi connectivity index (χ0) is 14.2. The van der Waals surface area contributed by atoms with E-state index in [1.807, 2.05) is 0 Å². The molecule has 8 heteroatoms. The minimum Gasteiger partial charge on any atom is -0.329 e. The van der Waals surface area contributed by atoms with Gasteiger partial charge in [0.25, 0.3) is 0 Å². The normalized spacial score (nSPS) is 25.7. The predicted octanol–water partition coefficient (Wildman–Crippen LogP) is 2.80. The molecule has 0 bridgehead atoms. The van der Waals surface area contributed by atoms with E-state index < -0.39 is 10.0 Å². The average molecular weight is 343 g/mol. The van der Waals surface area contributed by atoms with Crippen molar-refractivity contribution in [2.45, 2.75) is 30.7 Å². The number of nitrogens with zero attached hydrogens (tertiary/aromatic N) is 1. The maximum Gasteiger partial charge on any atom is 0.245 e. The van der Waals surface area contributed by atoms with Gasteiger partial charge in [0, 0.05) is 19.1 Å². The largest absolute Gasteiger partial charge is 0.329 e. The minimum atomic E-state index is -3.61. The summed E-state index contributed by atoms with van der Waals surface area (Å²) in [5.74, 6) is 0.488. The van der Waals surface area contributed by atoms with Gasteiger partial charge < -0.3 is 5.73 Å². The molecule has 1 aromatic heterocycles. The summed E-state index contributed by atoms with van der Waals surface area (Å²) in [6.07, 6.45) is 1.62. The summed E-state index contributed by atoms with van der Waals surface area (Å²) in [7, 11) is -3.61. The van der Waals surface area contributed by atoms with Crippen LogP contribution in [-0.2, 0) is 10.0 Å². The maximum atomic E-state index is 12.6. The fraction of sp³-hybridized carbons (Fsp3) is 0.636. The number of hydrogen-bond acceptors (Lipinski definition) is 4. The second kappa shape index (κ2) is 5.87. The van der Waals surface area contributed by atoms with Crippen molar-refractivity contribution >= 4 is 44.6 Å². The molecule has 0 saturated carbocycles. The second-order valence-corrected chi connectivity index (χ2v) is 8.97. The number of hydrogen-bond donors (Lipinski definition) is 1. The standard InChI is InChI=1S/C11H16Cl2N2O2S2/c1-7-2-3-15(8(4-7)6-14)19(16,17)9-5-10(12)18-11(9)13/h5,7-8H,2-4,6,14H2,1H3. The molecule has 1 saturated heterocycles. The molecule has 108 valence electrons. The summed E-state index contributed by atoms with van der Waals surface area (Å²) in [5, 5.41) is 0. The summed E-state index contributed by atoms with van der Waals surface area (Å²) in [5.41, 5.74) is 5.71. The third kappa shape index (κ3) is 3.09. The average Bonchev–Trinajstić information content (AvgIpc) is 2.68. The lowest BCUT2D eigenvalue weighted by molar-refractivity contribution is 0.211. The van der Waals surface area contributed by atoms with Crippen LogP contribution in [0.3, 0.4) is 0 Å². The van der Waals surface area contributed by atoms with E-state index in [-0.39, 0.29) is 15.3 Å². The molecule has 0 amide bonds. The molecule has 0 aromatic carbocycles. The first-order valence-corrected chi connectivity index (χ1v) is 9.04. The van der Waals surface area contributed by atoms with E-state index in [1.54, 1.807) is 0 Å². The van der Waals surface area contributed by atoms with E-state index >= 15 is 0 Å². The molecule has 2 rings (SSSR count). The van der Waals surface area contributed by atoms with Crippen molar-refractivity contribution in [2.24, 2.45) is 11.7 Å². The topological polar surface area (TPSA) is 63.4 Å².